The first-order valence-corrected chi connectivity index (χ1v) is 8.22. The molecule has 1 aromatic heterocycles. The van der Waals surface area contributed by atoms with E-state index in [9.17, 15) is 8.42 Å². The Morgan fingerprint density at radius 1 is 1.18 bits per heavy atom. The number of hydrogen-bond acceptors (Lipinski definition) is 6. The van der Waals surface area contributed by atoms with Crippen molar-refractivity contribution in [3.05, 3.63) is 41.4 Å². The molecule has 0 aliphatic carbocycles. The maximum atomic E-state index is 12.2. The summed E-state index contributed by atoms with van der Waals surface area (Å²) in [6.45, 7) is 1.11. The SMILES string of the molecule is COCCNc1ccc(NS(=O)(=O)c2cccc(Cl)c2)nn1. The molecule has 0 saturated heterocycles. The van der Waals surface area contributed by atoms with E-state index in [4.69, 9.17) is 16.3 Å². The average Bonchev–Trinajstić information content (AvgIpc) is 2.49. The van der Waals surface area contributed by atoms with Crippen LogP contribution >= 0.6 is 11.6 Å². The highest BCUT2D eigenvalue weighted by molar-refractivity contribution is 7.92. The van der Waals surface area contributed by atoms with Crippen molar-refractivity contribution in [1.82, 2.24) is 10.2 Å². The van der Waals surface area contributed by atoms with E-state index in [2.05, 4.69) is 20.2 Å². The van der Waals surface area contributed by atoms with Crippen LogP contribution in [0.3, 0.4) is 0 Å². The first kappa shape index (κ1) is 16.5. The Balaban J connectivity index is 2.06. The largest absolute Gasteiger partial charge is 0.383 e. The molecule has 2 aromatic rings. The monoisotopic (exact) mass is 342 g/mol. The summed E-state index contributed by atoms with van der Waals surface area (Å²) in [6.07, 6.45) is 0. The zero-order valence-corrected chi connectivity index (χ0v) is 13.4. The smallest absolute Gasteiger partial charge is 0.263 e. The fourth-order valence-corrected chi connectivity index (χ4v) is 2.89. The van der Waals surface area contributed by atoms with E-state index in [0.717, 1.165) is 0 Å². The highest BCUT2D eigenvalue weighted by Gasteiger charge is 2.15. The van der Waals surface area contributed by atoms with E-state index >= 15 is 0 Å². The lowest BCUT2D eigenvalue weighted by Gasteiger charge is -2.08. The topological polar surface area (TPSA) is 93.2 Å². The molecule has 0 amide bonds. The number of anilines is 2. The molecule has 0 saturated carbocycles. The van der Waals surface area contributed by atoms with Gasteiger partial charge in [-0.2, -0.15) is 0 Å². The second-order valence-electron chi connectivity index (χ2n) is 4.29. The van der Waals surface area contributed by atoms with E-state index in [-0.39, 0.29) is 10.7 Å². The first-order chi connectivity index (χ1) is 10.5. The molecule has 1 aromatic carbocycles. The number of hydrogen-bond donors (Lipinski definition) is 2. The van der Waals surface area contributed by atoms with Crippen molar-refractivity contribution < 1.29 is 13.2 Å². The molecule has 2 N–H and O–H groups in total. The zero-order valence-electron chi connectivity index (χ0n) is 11.8. The van der Waals surface area contributed by atoms with Crippen LogP contribution in [0.1, 0.15) is 0 Å². The second-order valence-corrected chi connectivity index (χ2v) is 6.41. The van der Waals surface area contributed by atoms with E-state index in [0.29, 0.717) is 24.0 Å². The fourth-order valence-electron chi connectivity index (χ4n) is 1.59. The number of nitrogens with one attached hydrogen (secondary N) is 2. The summed E-state index contributed by atoms with van der Waals surface area (Å²) in [5, 5.41) is 11.0. The molecule has 118 valence electrons. The molecule has 2 rings (SSSR count). The van der Waals surface area contributed by atoms with Gasteiger partial charge in [-0.05, 0) is 30.3 Å². The van der Waals surface area contributed by atoms with Crippen molar-refractivity contribution in [2.75, 3.05) is 30.3 Å². The van der Waals surface area contributed by atoms with Crippen LogP contribution in [0.25, 0.3) is 0 Å². The maximum Gasteiger partial charge on any atom is 0.263 e. The van der Waals surface area contributed by atoms with Crippen LogP contribution in [0.5, 0.6) is 0 Å². The van der Waals surface area contributed by atoms with Crippen molar-refractivity contribution in [3.8, 4) is 0 Å². The minimum atomic E-state index is -3.75. The van der Waals surface area contributed by atoms with E-state index < -0.39 is 10.0 Å². The van der Waals surface area contributed by atoms with Gasteiger partial charge in [0, 0.05) is 18.7 Å². The van der Waals surface area contributed by atoms with Gasteiger partial charge in [-0.15, -0.1) is 10.2 Å². The summed E-state index contributed by atoms with van der Waals surface area (Å²) >= 11 is 5.80. The molecule has 0 aliphatic heterocycles. The van der Waals surface area contributed by atoms with E-state index in [1.807, 2.05) is 0 Å². The zero-order chi connectivity index (χ0) is 16.0. The lowest BCUT2D eigenvalue weighted by atomic mass is 10.4. The Bertz CT molecular complexity index is 722. The minimum absolute atomic E-state index is 0.0593. The summed E-state index contributed by atoms with van der Waals surface area (Å²) < 4.78 is 31.6. The number of nitrogens with zero attached hydrogens (tertiary/aromatic N) is 2. The molecule has 22 heavy (non-hydrogen) atoms. The molecule has 9 heteroatoms. The molecule has 0 unspecified atom stereocenters. The third-order valence-corrected chi connectivity index (χ3v) is 4.21. The highest BCUT2D eigenvalue weighted by Crippen LogP contribution is 2.18. The maximum absolute atomic E-state index is 12.2. The van der Waals surface area contributed by atoms with Crippen LogP contribution in [-0.2, 0) is 14.8 Å². The summed E-state index contributed by atoms with van der Waals surface area (Å²) in [5.74, 6) is 0.653. The van der Waals surface area contributed by atoms with Crippen LogP contribution in [0, 0.1) is 0 Å². The second kappa shape index (κ2) is 7.39. The van der Waals surface area contributed by atoms with Gasteiger partial charge >= 0.3 is 0 Å². The Morgan fingerprint density at radius 2 is 1.91 bits per heavy atom. The number of benzene rings is 1. The number of halogens is 1. The molecule has 0 spiro atoms. The van der Waals surface area contributed by atoms with Crippen LogP contribution in [0.2, 0.25) is 5.02 Å². The Morgan fingerprint density at radius 3 is 2.55 bits per heavy atom. The molecule has 1 heterocycles. The van der Waals surface area contributed by atoms with Gasteiger partial charge in [0.05, 0.1) is 11.5 Å². The van der Waals surface area contributed by atoms with Gasteiger partial charge in [0.2, 0.25) is 0 Å². The van der Waals surface area contributed by atoms with Gasteiger partial charge in [0.25, 0.3) is 10.0 Å². The number of aromatic nitrogens is 2. The quantitative estimate of drug-likeness (QED) is 0.747. The summed E-state index contributed by atoms with van der Waals surface area (Å²) in [7, 11) is -2.15. The summed E-state index contributed by atoms with van der Waals surface area (Å²) in [4.78, 5) is 0.0593. The predicted molar refractivity (Wildman–Crippen MR) is 84.7 cm³/mol. The highest BCUT2D eigenvalue weighted by atomic mass is 35.5. The van der Waals surface area contributed by atoms with Gasteiger partial charge in [-0.1, -0.05) is 17.7 Å². The molecule has 0 aliphatic rings. The molecule has 0 bridgehead atoms. The number of rotatable bonds is 7. The molecular formula is C13H15ClN4O3S. The van der Waals surface area contributed by atoms with E-state index in [1.54, 1.807) is 25.3 Å². The van der Waals surface area contributed by atoms with Gasteiger partial charge in [0.1, 0.15) is 5.82 Å². The number of ether oxygens (including phenoxy) is 1. The first-order valence-electron chi connectivity index (χ1n) is 6.36. The minimum Gasteiger partial charge on any atom is -0.383 e. The molecule has 0 fully saturated rings. The molecule has 7 nitrogen and oxygen atoms in total. The predicted octanol–water partition coefficient (Wildman–Crippen LogP) is 1.99. The normalized spacial score (nSPS) is 11.2. The lowest BCUT2D eigenvalue weighted by molar-refractivity contribution is 0.210. The van der Waals surface area contributed by atoms with Gasteiger partial charge in [0.15, 0.2) is 5.82 Å². The summed E-state index contributed by atoms with van der Waals surface area (Å²) in [5.41, 5.74) is 0. The average molecular weight is 343 g/mol. The Kier molecular flexibility index (Phi) is 5.53. The molecular weight excluding hydrogens is 328 g/mol. The van der Waals surface area contributed by atoms with E-state index in [1.165, 1.54) is 18.2 Å². The van der Waals surface area contributed by atoms with Gasteiger partial charge < -0.3 is 10.1 Å². The molecule has 0 atom stereocenters. The third-order valence-electron chi connectivity index (χ3n) is 2.62. The Hall–Kier alpha value is -1.90. The van der Waals surface area contributed by atoms with Crippen molar-refractivity contribution >= 4 is 33.3 Å². The van der Waals surface area contributed by atoms with Crippen molar-refractivity contribution in [3.63, 3.8) is 0 Å². The van der Waals surface area contributed by atoms with Crippen LogP contribution in [0.15, 0.2) is 41.3 Å². The van der Waals surface area contributed by atoms with Crippen LogP contribution < -0.4 is 10.0 Å². The van der Waals surface area contributed by atoms with Crippen molar-refractivity contribution in [2.24, 2.45) is 0 Å². The van der Waals surface area contributed by atoms with Crippen LogP contribution in [-0.4, -0.2) is 38.9 Å². The van der Waals surface area contributed by atoms with Crippen molar-refractivity contribution in [2.45, 2.75) is 4.90 Å². The fraction of sp³-hybridized carbons (Fsp3) is 0.231. The molecule has 0 radical (unpaired) electrons. The van der Waals surface area contributed by atoms with Gasteiger partial charge in [-0.3, -0.25) is 4.72 Å². The standard InChI is InChI=1S/C13H15ClN4O3S/c1-21-8-7-15-12-5-6-13(17-16-12)18-22(19,20)11-4-2-3-10(14)9-11/h2-6,9H,7-8H2,1H3,(H,15,16)(H,17,18). The number of methoxy groups -OCH3 is 1. The Labute approximate surface area is 133 Å². The third kappa shape index (κ3) is 4.55. The van der Waals surface area contributed by atoms with Crippen molar-refractivity contribution in [1.29, 1.82) is 0 Å². The number of sulfonamides is 1. The summed E-state index contributed by atoms with van der Waals surface area (Å²) in [6, 6.07) is 9.11. The van der Waals surface area contributed by atoms with Crippen LogP contribution in [0.4, 0.5) is 11.6 Å². The lowest BCUT2D eigenvalue weighted by Crippen LogP contribution is -2.15. The van der Waals surface area contributed by atoms with Gasteiger partial charge in [-0.25, -0.2) is 8.42 Å².